The number of halogens is 1. The summed E-state index contributed by atoms with van der Waals surface area (Å²) < 4.78 is 0. The van der Waals surface area contributed by atoms with Crippen LogP contribution in [-0.4, -0.2) is 0 Å². The molecule has 0 aromatic heterocycles. The molecule has 0 fully saturated rings. The molecule has 0 bridgehead atoms. The first-order valence-electron chi connectivity index (χ1n) is 3.45. The Hall–Kier alpha value is -0.490. The fraction of sp³-hybridized carbons (Fsp3) is 0.333. The zero-order valence-electron chi connectivity index (χ0n) is 6.26. The molecule has 1 rings (SSSR count). The van der Waals surface area contributed by atoms with Crippen molar-refractivity contribution in [2.45, 2.75) is 19.8 Å². The van der Waals surface area contributed by atoms with Gasteiger partial charge < -0.3 is 0 Å². The second-order valence-electron chi connectivity index (χ2n) is 2.71. The van der Waals surface area contributed by atoms with Gasteiger partial charge in [0.05, 0.1) is 0 Å². The predicted octanol–water partition coefficient (Wildman–Crippen LogP) is 4.94. The molecule has 0 amide bonds. The van der Waals surface area contributed by atoms with Crippen LogP contribution in [-0.2, 0) is 0 Å². The average molecular weight is 167 g/mol. The summed E-state index contributed by atoms with van der Waals surface area (Å²) in [5.74, 6) is 0.568. The first kappa shape index (κ1) is 7.62. The van der Waals surface area contributed by atoms with Crippen LogP contribution in [0.25, 0.3) is 0 Å². The lowest BCUT2D eigenvalue weighted by molar-refractivity contribution is 0.867. The first-order chi connectivity index (χ1) is 4.70. The van der Waals surface area contributed by atoms with Gasteiger partial charge in [-0.15, -0.1) is 0 Å². The van der Waals surface area contributed by atoms with Gasteiger partial charge >= 0.3 is 0 Å². The van der Waals surface area contributed by atoms with Crippen LogP contribution in [0.4, 0.5) is 0 Å². The van der Waals surface area contributed by atoms with E-state index in [9.17, 15) is 0 Å². The highest BCUT2D eigenvalue weighted by Crippen LogP contribution is 2.17. The van der Waals surface area contributed by atoms with Crippen molar-refractivity contribution >= 4 is 11.6 Å². The van der Waals surface area contributed by atoms with E-state index in [1.807, 2.05) is 18.2 Å². The Kier molecular flexibility index (Phi) is 2.34. The van der Waals surface area contributed by atoms with Crippen LogP contribution in [0.1, 0.15) is 33.9 Å². The van der Waals surface area contributed by atoms with E-state index in [1.54, 1.807) is 0 Å². The maximum absolute atomic E-state index is 5.79. The van der Waals surface area contributed by atoms with E-state index in [4.69, 9.17) is 11.6 Å². The van der Waals surface area contributed by atoms with Gasteiger partial charge in [0.25, 0.3) is 0 Å². The average Bonchev–Trinajstić information content (AvgIpc) is 1.88. The third kappa shape index (κ3) is 1.74. The van der Waals surface area contributed by atoms with Crippen molar-refractivity contribution < 1.29 is 8.56 Å². The summed E-state index contributed by atoms with van der Waals surface area (Å²) in [4.78, 5) is 0. The van der Waals surface area contributed by atoms with Crippen LogP contribution in [0.15, 0.2) is 24.3 Å². The van der Waals surface area contributed by atoms with Crippen molar-refractivity contribution in [2.24, 2.45) is 0 Å². The van der Waals surface area contributed by atoms with Crippen molar-refractivity contribution in [2.75, 3.05) is 0 Å². The summed E-state index contributed by atoms with van der Waals surface area (Å²) in [5, 5.41) is 0.825. The topological polar surface area (TPSA) is 0 Å². The van der Waals surface area contributed by atoms with Crippen LogP contribution in [0.2, 0.25) is 5.02 Å². The van der Waals surface area contributed by atoms with Gasteiger partial charge in [0.2, 0.25) is 0 Å². The number of hydrogen-bond acceptors (Lipinski definition) is 0. The van der Waals surface area contributed by atoms with Crippen molar-refractivity contribution in [1.29, 1.82) is 0 Å². The van der Waals surface area contributed by atoms with Gasteiger partial charge in [0.15, 0.2) is 0 Å². The van der Waals surface area contributed by atoms with Crippen molar-refractivity contribution in [3.05, 3.63) is 34.9 Å². The lowest BCUT2D eigenvalue weighted by Gasteiger charge is -2.03. The molecule has 0 radical (unpaired) electrons. The summed E-state index contributed by atoms with van der Waals surface area (Å²) >= 11 is 5.79. The molecule has 0 saturated heterocycles. The molecule has 0 spiro atoms. The molecule has 0 heterocycles. The van der Waals surface area contributed by atoms with E-state index in [2.05, 4.69) is 19.9 Å². The lowest BCUT2D eigenvalue weighted by Crippen LogP contribution is -1.84. The molecule has 0 aliphatic heterocycles. The van der Waals surface area contributed by atoms with E-state index in [1.165, 1.54) is 5.56 Å². The number of benzene rings is 1. The van der Waals surface area contributed by atoms with Gasteiger partial charge in [-0.05, 0) is 23.6 Å². The minimum atomic E-state index is 0. The molecule has 0 nitrogen and oxygen atoms in total. The third-order valence-electron chi connectivity index (χ3n) is 1.52. The van der Waals surface area contributed by atoms with Crippen LogP contribution >= 0.6 is 11.6 Å². The summed E-state index contributed by atoms with van der Waals surface area (Å²) in [5.41, 5.74) is 1.30. The molecule has 0 atom stereocenters. The zero-order valence-corrected chi connectivity index (χ0v) is 7.02. The van der Waals surface area contributed by atoms with E-state index in [-0.39, 0.29) is 8.56 Å². The first-order valence-corrected chi connectivity index (χ1v) is 3.83. The molecule has 0 saturated carbocycles. The molecule has 1 aromatic rings. The minimum Gasteiger partial charge on any atom is -0.0843 e. The molecule has 0 unspecified atom stereocenters. The number of rotatable bonds is 1. The quantitative estimate of drug-likeness (QED) is 0.555. The van der Waals surface area contributed by atoms with Gasteiger partial charge in [-0.1, -0.05) is 37.6 Å². The molecular weight excluding hydrogens is 144 g/mol. The monoisotopic (exact) mass is 166 g/mol. The SMILES string of the molecule is CC(C)c1cccc(Cl)c1.[HH].[HH].[HH].[HH].[HH].[HH]. The Bertz CT molecular complexity index is 231. The molecule has 0 N–H and O–H groups in total. The Morgan fingerprint density at radius 2 is 2.10 bits per heavy atom. The Morgan fingerprint density at radius 1 is 1.40 bits per heavy atom. The van der Waals surface area contributed by atoms with Crippen molar-refractivity contribution in [1.82, 2.24) is 0 Å². The molecule has 0 aliphatic rings. The van der Waals surface area contributed by atoms with Crippen molar-refractivity contribution in [3.8, 4) is 0 Å². The van der Waals surface area contributed by atoms with Gasteiger partial charge in [-0.25, -0.2) is 0 Å². The molecule has 1 aromatic carbocycles. The van der Waals surface area contributed by atoms with Gasteiger partial charge in [0.1, 0.15) is 0 Å². The van der Waals surface area contributed by atoms with Crippen LogP contribution in [0.5, 0.6) is 0 Å². The smallest absolute Gasteiger partial charge is 0.0408 e. The molecule has 10 heavy (non-hydrogen) atoms. The maximum atomic E-state index is 5.79. The standard InChI is InChI=1S/C9H11Cl.6H2/c1-7(2)8-4-3-5-9(10)6-8;;;;;;/h3-7H,1-2H3;6*1H. The van der Waals surface area contributed by atoms with E-state index >= 15 is 0 Å². The fourth-order valence-electron chi connectivity index (χ4n) is 0.866. The van der Waals surface area contributed by atoms with Gasteiger partial charge in [-0.3, -0.25) is 0 Å². The Balaban J connectivity index is -0.0000000417. The van der Waals surface area contributed by atoms with Crippen molar-refractivity contribution in [3.63, 3.8) is 0 Å². The summed E-state index contributed by atoms with van der Waals surface area (Å²) in [6, 6.07) is 7.98. The highest BCUT2D eigenvalue weighted by Gasteiger charge is 1.97. The van der Waals surface area contributed by atoms with E-state index < -0.39 is 0 Å². The summed E-state index contributed by atoms with van der Waals surface area (Å²) in [6.07, 6.45) is 0. The highest BCUT2D eigenvalue weighted by atomic mass is 35.5. The van der Waals surface area contributed by atoms with Gasteiger partial charge in [0, 0.05) is 13.6 Å². The van der Waals surface area contributed by atoms with E-state index in [0.717, 1.165) is 5.02 Å². The fourth-order valence-corrected chi connectivity index (χ4v) is 1.06. The summed E-state index contributed by atoms with van der Waals surface area (Å²) in [6.45, 7) is 4.32. The van der Waals surface area contributed by atoms with Crippen LogP contribution in [0, 0.1) is 0 Å². The largest absolute Gasteiger partial charge is 0.0843 e. The minimum absolute atomic E-state index is 0. The molecule has 66 valence electrons. The van der Waals surface area contributed by atoms with Crippen LogP contribution < -0.4 is 0 Å². The Morgan fingerprint density at radius 3 is 2.50 bits per heavy atom. The zero-order chi connectivity index (χ0) is 7.56. The Labute approximate surface area is 75.7 Å². The normalized spacial score (nSPS) is 10.4. The van der Waals surface area contributed by atoms with E-state index in [0.29, 0.717) is 5.92 Å². The predicted molar refractivity (Wildman–Crippen MR) is 58.2 cm³/mol. The molecule has 1 heteroatoms. The molecule has 0 aliphatic carbocycles. The molecular formula is C9H23Cl. The highest BCUT2D eigenvalue weighted by molar-refractivity contribution is 6.30. The van der Waals surface area contributed by atoms with Gasteiger partial charge in [-0.2, -0.15) is 0 Å². The third-order valence-corrected chi connectivity index (χ3v) is 1.75. The second kappa shape index (κ2) is 3.07. The number of hydrogen-bond donors (Lipinski definition) is 0. The summed E-state index contributed by atoms with van der Waals surface area (Å²) in [7, 11) is 0. The maximum Gasteiger partial charge on any atom is 0.0408 e. The van der Waals surface area contributed by atoms with Crippen LogP contribution in [0.3, 0.4) is 0 Å². The second-order valence-corrected chi connectivity index (χ2v) is 3.15. The lowest BCUT2D eigenvalue weighted by atomic mass is 10.0.